The summed E-state index contributed by atoms with van der Waals surface area (Å²) in [6.07, 6.45) is 6.48. The van der Waals surface area contributed by atoms with Gasteiger partial charge in [-0.25, -0.2) is 14.8 Å². The van der Waals surface area contributed by atoms with Crippen LogP contribution in [0.25, 0.3) is 0 Å². The monoisotopic (exact) mass is 410 g/mol. The zero-order valence-electron chi connectivity index (χ0n) is 17.4. The molecule has 0 fully saturated rings. The lowest BCUT2D eigenvalue weighted by molar-refractivity contribution is 0.0265. The Labute approximate surface area is 174 Å². The predicted octanol–water partition coefficient (Wildman–Crippen LogP) is 2.81. The van der Waals surface area contributed by atoms with Crippen LogP contribution in [-0.2, 0) is 11.2 Å². The molecule has 4 heterocycles. The Morgan fingerprint density at radius 1 is 1.30 bits per heavy atom. The second-order valence-corrected chi connectivity index (χ2v) is 8.47. The van der Waals surface area contributed by atoms with Gasteiger partial charge in [-0.05, 0) is 38.8 Å². The molecule has 30 heavy (non-hydrogen) atoms. The molecule has 0 saturated heterocycles. The Morgan fingerprint density at radius 2 is 2.13 bits per heavy atom. The lowest BCUT2D eigenvalue weighted by Gasteiger charge is -2.31. The number of amides is 1. The summed E-state index contributed by atoms with van der Waals surface area (Å²) in [5, 5.41) is 6.72. The maximum atomic E-state index is 12.3. The molecule has 0 radical (unpaired) electrons. The zero-order valence-corrected chi connectivity index (χ0v) is 17.4. The van der Waals surface area contributed by atoms with Crippen LogP contribution in [0.3, 0.4) is 0 Å². The molecule has 0 spiro atoms. The number of H-pyrrole nitrogens is 1. The molecule has 2 aliphatic heterocycles. The number of fused-ring (bicyclic) bond motifs is 1. The molecule has 158 valence electrons. The first kappa shape index (κ1) is 19.9. The van der Waals surface area contributed by atoms with Crippen molar-refractivity contribution >= 4 is 23.4 Å². The number of rotatable bonds is 3. The number of anilines is 3. The van der Waals surface area contributed by atoms with Crippen LogP contribution >= 0.6 is 0 Å². The SMILES string of the molecule is CC(C)(C)OC(=O)N1CC=C(C2Cc3c(Nc4ccc(=O)[nH]c4)ncnc3N2)CC1. The number of nitrogens with one attached hydrogen (secondary N) is 3. The largest absolute Gasteiger partial charge is 0.444 e. The topological polar surface area (TPSA) is 112 Å². The molecule has 0 aliphatic carbocycles. The van der Waals surface area contributed by atoms with Crippen LogP contribution in [0.5, 0.6) is 0 Å². The third-order valence-corrected chi connectivity index (χ3v) is 5.06. The fourth-order valence-corrected chi connectivity index (χ4v) is 3.60. The third kappa shape index (κ3) is 4.45. The minimum atomic E-state index is -0.496. The number of pyridine rings is 1. The average molecular weight is 410 g/mol. The van der Waals surface area contributed by atoms with E-state index >= 15 is 0 Å². The highest BCUT2D eigenvalue weighted by Gasteiger charge is 2.31. The second kappa shape index (κ2) is 7.81. The minimum absolute atomic E-state index is 0.119. The summed E-state index contributed by atoms with van der Waals surface area (Å²) in [6.45, 7) is 6.77. The van der Waals surface area contributed by atoms with Crippen molar-refractivity contribution in [1.29, 1.82) is 0 Å². The molecule has 1 amide bonds. The van der Waals surface area contributed by atoms with E-state index in [0.717, 1.165) is 29.9 Å². The molecule has 0 aromatic carbocycles. The Morgan fingerprint density at radius 3 is 2.80 bits per heavy atom. The van der Waals surface area contributed by atoms with Gasteiger partial charge in [-0.3, -0.25) is 4.79 Å². The summed E-state index contributed by atoms with van der Waals surface area (Å²) in [5.74, 6) is 1.52. The van der Waals surface area contributed by atoms with Gasteiger partial charge >= 0.3 is 6.09 Å². The Bertz CT molecular complexity index is 1020. The minimum Gasteiger partial charge on any atom is -0.444 e. The lowest BCUT2D eigenvalue weighted by Crippen LogP contribution is -2.40. The van der Waals surface area contributed by atoms with Gasteiger partial charge in [-0.15, -0.1) is 0 Å². The maximum absolute atomic E-state index is 12.3. The number of hydrogen-bond donors (Lipinski definition) is 3. The van der Waals surface area contributed by atoms with Gasteiger partial charge in [0.25, 0.3) is 0 Å². The Hall–Kier alpha value is -3.36. The molecular weight excluding hydrogens is 384 g/mol. The summed E-state index contributed by atoms with van der Waals surface area (Å²) < 4.78 is 5.46. The van der Waals surface area contributed by atoms with E-state index in [0.29, 0.717) is 18.9 Å². The van der Waals surface area contributed by atoms with E-state index in [1.807, 2.05) is 20.8 Å². The van der Waals surface area contributed by atoms with Gasteiger partial charge in [0.1, 0.15) is 23.6 Å². The van der Waals surface area contributed by atoms with E-state index in [1.165, 1.54) is 18.0 Å². The van der Waals surface area contributed by atoms with Crippen LogP contribution in [-0.4, -0.2) is 50.7 Å². The molecule has 9 nitrogen and oxygen atoms in total. The molecule has 2 aromatic rings. The van der Waals surface area contributed by atoms with Crippen molar-refractivity contribution < 1.29 is 9.53 Å². The summed E-state index contributed by atoms with van der Waals surface area (Å²) in [7, 11) is 0. The first-order valence-electron chi connectivity index (χ1n) is 10.0. The van der Waals surface area contributed by atoms with E-state index in [-0.39, 0.29) is 17.7 Å². The van der Waals surface area contributed by atoms with Crippen molar-refractivity contribution in [3.63, 3.8) is 0 Å². The summed E-state index contributed by atoms with van der Waals surface area (Å²) >= 11 is 0. The van der Waals surface area contributed by atoms with Crippen LogP contribution in [0, 0.1) is 0 Å². The molecule has 1 unspecified atom stereocenters. The van der Waals surface area contributed by atoms with E-state index in [4.69, 9.17) is 4.74 Å². The first-order valence-corrected chi connectivity index (χ1v) is 10.0. The fourth-order valence-electron chi connectivity index (χ4n) is 3.60. The van der Waals surface area contributed by atoms with Gasteiger partial charge in [0, 0.05) is 37.3 Å². The van der Waals surface area contributed by atoms with Crippen molar-refractivity contribution in [2.24, 2.45) is 0 Å². The number of aromatic amines is 1. The van der Waals surface area contributed by atoms with E-state index < -0.39 is 5.60 Å². The number of hydrogen-bond acceptors (Lipinski definition) is 7. The van der Waals surface area contributed by atoms with E-state index in [9.17, 15) is 9.59 Å². The summed E-state index contributed by atoms with van der Waals surface area (Å²) in [6, 6.07) is 3.30. The fraction of sp³-hybridized carbons (Fsp3) is 0.429. The standard InChI is InChI=1S/C21H26N6O3/c1-21(2,3)30-20(29)27-8-6-13(7-9-27)16-10-15-18(23-12-24-19(15)26-16)25-14-4-5-17(28)22-11-14/h4-6,11-12,16H,7-10H2,1-3H3,(H,22,28)(H2,23,24,25,26). The number of carbonyl (C=O) groups is 1. The van der Waals surface area contributed by atoms with Gasteiger partial charge < -0.3 is 25.3 Å². The van der Waals surface area contributed by atoms with Gasteiger partial charge in [-0.2, -0.15) is 0 Å². The molecule has 1 atom stereocenters. The van der Waals surface area contributed by atoms with Crippen LogP contribution in [0.15, 0.2) is 41.1 Å². The van der Waals surface area contributed by atoms with Crippen LogP contribution in [0.2, 0.25) is 0 Å². The number of ether oxygens (including phenoxy) is 1. The van der Waals surface area contributed by atoms with Crippen LogP contribution in [0.1, 0.15) is 32.8 Å². The van der Waals surface area contributed by atoms with E-state index in [1.54, 1.807) is 17.2 Å². The lowest BCUT2D eigenvalue weighted by atomic mass is 9.97. The van der Waals surface area contributed by atoms with Gasteiger partial charge in [0.2, 0.25) is 5.56 Å². The quantitative estimate of drug-likeness (QED) is 0.667. The first-order chi connectivity index (χ1) is 14.3. The zero-order chi connectivity index (χ0) is 21.3. The highest BCUT2D eigenvalue weighted by Crippen LogP contribution is 2.34. The molecule has 0 saturated carbocycles. The van der Waals surface area contributed by atoms with Crippen molar-refractivity contribution in [2.75, 3.05) is 23.7 Å². The van der Waals surface area contributed by atoms with Crippen molar-refractivity contribution in [1.82, 2.24) is 19.9 Å². The Kier molecular flexibility index (Phi) is 5.19. The number of aromatic nitrogens is 3. The summed E-state index contributed by atoms with van der Waals surface area (Å²) in [5.41, 5.74) is 2.36. The maximum Gasteiger partial charge on any atom is 0.410 e. The molecule has 9 heteroatoms. The van der Waals surface area contributed by atoms with Crippen molar-refractivity contribution in [2.45, 2.75) is 45.3 Å². The highest BCUT2D eigenvalue weighted by molar-refractivity contribution is 5.70. The van der Waals surface area contributed by atoms with Gasteiger partial charge in [-0.1, -0.05) is 6.08 Å². The molecule has 2 aliphatic rings. The molecule has 2 aromatic heterocycles. The highest BCUT2D eigenvalue weighted by atomic mass is 16.6. The summed E-state index contributed by atoms with van der Waals surface area (Å²) in [4.78, 5) is 36.6. The van der Waals surface area contributed by atoms with Crippen molar-refractivity contribution in [3.05, 3.63) is 52.2 Å². The molecular formula is C21H26N6O3. The number of carbonyl (C=O) groups excluding carboxylic acids is 1. The third-order valence-electron chi connectivity index (χ3n) is 5.06. The van der Waals surface area contributed by atoms with Gasteiger partial charge in [0.05, 0.1) is 11.7 Å². The van der Waals surface area contributed by atoms with Crippen molar-refractivity contribution in [3.8, 4) is 0 Å². The Balaban J connectivity index is 1.43. The van der Waals surface area contributed by atoms with Crippen LogP contribution in [0.4, 0.5) is 22.1 Å². The smallest absolute Gasteiger partial charge is 0.410 e. The van der Waals surface area contributed by atoms with E-state index in [2.05, 4.69) is 31.7 Å². The normalized spacial score (nSPS) is 18.3. The second-order valence-electron chi connectivity index (χ2n) is 8.47. The molecule has 0 bridgehead atoms. The average Bonchev–Trinajstić information content (AvgIpc) is 3.14. The van der Waals surface area contributed by atoms with Crippen LogP contribution < -0.4 is 16.2 Å². The molecule has 4 rings (SSSR count). The van der Waals surface area contributed by atoms with Gasteiger partial charge in [0.15, 0.2) is 0 Å². The predicted molar refractivity (Wildman–Crippen MR) is 114 cm³/mol. The molecule has 3 N–H and O–H groups in total. The number of nitrogens with zero attached hydrogens (tertiary/aromatic N) is 3.